The van der Waals surface area contributed by atoms with Crippen LogP contribution in [0.3, 0.4) is 0 Å². The predicted molar refractivity (Wildman–Crippen MR) is 73.3 cm³/mol. The number of benzene rings is 1. The molecular weight excluding hydrogens is 210 g/mol. The molecule has 0 aliphatic carbocycles. The second-order valence-electron chi connectivity index (χ2n) is 4.85. The highest BCUT2D eigenvalue weighted by atomic mass is 16.5. The van der Waals surface area contributed by atoms with Gasteiger partial charge < -0.3 is 10.1 Å². The Bertz CT molecular complexity index is 329. The molecule has 1 unspecified atom stereocenters. The van der Waals surface area contributed by atoms with E-state index in [1.165, 1.54) is 11.1 Å². The van der Waals surface area contributed by atoms with E-state index >= 15 is 0 Å². The van der Waals surface area contributed by atoms with E-state index in [9.17, 15) is 0 Å². The van der Waals surface area contributed by atoms with Crippen LogP contribution in [-0.2, 0) is 11.2 Å². The predicted octanol–water partition coefficient (Wildman–Crippen LogP) is 3.32. The van der Waals surface area contributed by atoms with Crippen molar-refractivity contribution >= 4 is 0 Å². The fourth-order valence-electron chi connectivity index (χ4n) is 2.32. The summed E-state index contributed by atoms with van der Waals surface area (Å²) in [5, 5.41) is 3.36. The molecule has 1 rings (SSSR count). The maximum Gasteiger partial charge on any atom is 0.0820 e. The van der Waals surface area contributed by atoms with Gasteiger partial charge in [-0.25, -0.2) is 0 Å². The van der Waals surface area contributed by atoms with Crippen molar-refractivity contribution in [1.29, 1.82) is 0 Å². The third kappa shape index (κ3) is 3.55. The van der Waals surface area contributed by atoms with Crippen LogP contribution in [0.4, 0.5) is 0 Å². The zero-order chi connectivity index (χ0) is 12.9. The summed E-state index contributed by atoms with van der Waals surface area (Å²) in [6.07, 6.45) is 1.08. The molecule has 0 heterocycles. The lowest BCUT2D eigenvalue weighted by atomic mass is 9.91. The summed E-state index contributed by atoms with van der Waals surface area (Å²) >= 11 is 0. The summed E-state index contributed by atoms with van der Waals surface area (Å²) in [7, 11) is 1.99. The Kier molecular flexibility index (Phi) is 5.16. The van der Waals surface area contributed by atoms with Crippen molar-refractivity contribution in [2.45, 2.75) is 45.8 Å². The number of hydrogen-bond acceptors (Lipinski definition) is 2. The number of rotatable bonds is 6. The molecule has 2 nitrogen and oxygen atoms in total. The normalized spacial score (nSPS) is 13.7. The lowest BCUT2D eigenvalue weighted by molar-refractivity contribution is -0.0374. The monoisotopic (exact) mass is 235 g/mol. The maximum absolute atomic E-state index is 5.83. The minimum Gasteiger partial charge on any atom is -0.374 e. The van der Waals surface area contributed by atoms with E-state index in [2.05, 4.69) is 50.4 Å². The SMILES string of the molecule is CCOC(C)(C)C(NC)c1ccc(CC)cc1. The van der Waals surface area contributed by atoms with Crippen LogP contribution in [0.5, 0.6) is 0 Å². The fraction of sp³-hybridized carbons (Fsp3) is 0.600. The molecule has 0 aliphatic heterocycles. The van der Waals surface area contributed by atoms with Gasteiger partial charge in [0.15, 0.2) is 0 Å². The van der Waals surface area contributed by atoms with E-state index in [0.29, 0.717) is 0 Å². The van der Waals surface area contributed by atoms with Gasteiger partial charge in [-0.3, -0.25) is 0 Å². The third-order valence-electron chi connectivity index (χ3n) is 3.22. The highest BCUT2D eigenvalue weighted by Gasteiger charge is 2.29. The number of ether oxygens (including phenoxy) is 1. The van der Waals surface area contributed by atoms with Crippen molar-refractivity contribution in [1.82, 2.24) is 5.32 Å². The van der Waals surface area contributed by atoms with Crippen LogP contribution in [0.25, 0.3) is 0 Å². The molecule has 1 N–H and O–H groups in total. The number of nitrogens with one attached hydrogen (secondary N) is 1. The topological polar surface area (TPSA) is 21.3 Å². The smallest absolute Gasteiger partial charge is 0.0820 e. The van der Waals surface area contributed by atoms with E-state index in [4.69, 9.17) is 4.74 Å². The van der Waals surface area contributed by atoms with Gasteiger partial charge >= 0.3 is 0 Å². The maximum atomic E-state index is 5.83. The molecule has 0 saturated heterocycles. The summed E-state index contributed by atoms with van der Waals surface area (Å²) in [5.41, 5.74) is 2.46. The molecule has 0 radical (unpaired) electrons. The number of aryl methyl sites for hydroxylation is 1. The summed E-state index contributed by atoms with van der Waals surface area (Å²) in [6.45, 7) is 9.21. The Hall–Kier alpha value is -0.860. The van der Waals surface area contributed by atoms with Crippen LogP contribution in [0, 0.1) is 0 Å². The Morgan fingerprint density at radius 1 is 1.18 bits per heavy atom. The van der Waals surface area contributed by atoms with Gasteiger partial charge in [-0.15, -0.1) is 0 Å². The van der Waals surface area contributed by atoms with Crippen LogP contribution in [-0.4, -0.2) is 19.3 Å². The van der Waals surface area contributed by atoms with Gasteiger partial charge in [-0.1, -0.05) is 31.2 Å². The fourth-order valence-corrected chi connectivity index (χ4v) is 2.32. The van der Waals surface area contributed by atoms with Gasteiger partial charge in [0.2, 0.25) is 0 Å². The Morgan fingerprint density at radius 3 is 2.18 bits per heavy atom. The lowest BCUT2D eigenvalue weighted by Crippen LogP contribution is -2.40. The first-order valence-electron chi connectivity index (χ1n) is 6.45. The van der Waals surface area contributed by atoms with E-state index in [0.717, 1.165) is 13.0 Å². The molecular formula is C15H25NO. The second-order valence-corrected chi connectivity index (χ2v) is 4.85. The molecule has 96 valence electrons. The molecule has 1 aromatic carbocycles. The molecule has 0 bridgehead atoms. The van der Waals surface area contributed by atoms with E-state index in [1.807, 2.05) is 14.0 Å². The first-order chi connectivity index (χ1) is 8.05. The molecule has 1 aromatic rings. The molecule has 0 aliphatic rings. The zero-order valence-corrected chi connectivity index (χ0v) is 11.7. The zero-order valence-electron chi connectivity index (χ0n) is 11.7. The van der Waals surface area contributed by atoms with Gasteiger partial charge in [-0.2, -0.15) is 0 Å². The molecule has 0 amide bonds. The van der Waals surface area contributed by atoms with Gasteiger partial charge in [0.05, 0.1) is 11.6 Å². The Labute approximate surface area is 105 Å². The van der Waals surface area contributed by atoms with Crippen molar-refractivity contribution < 1.29 is 4.74 Å². The number of hydrogen-bond donors (Lipinski definition) is 1. The van der Waals surface area contributed by atoms with Gasteiger partial charge in [0.1, 0.15) is 0 Å². The highest BCUT2D eigenvalue weighted by molar-refractivity contribution is 5.26. The van der Waals surface area contributed by atoms with E-state index in [1.54, 1.807) is 0 Å². The van der Waals surface area contributed by atoms with Crippen LogP contribution in [0.15, 0.2) is 24.3 Å². The average Bonchev–Trinajstić information content (AvgIpc) is 2.30. The lowest BCUT2D eigenvalue weighted by Gasteiger charge is -2.34. The quantitative estimate of drug-likeness (QED) is 0.816. The van der Waals surface area contributed by atoms with Crippen LogP contribution >= 0.6 is 0 Å². The van der Waals surface area contributed by atoms with Gasteiger partial charge in [0.25, 0.3) is 0 Å². The van der Waals surface area contributed by atoms with Gasteiger partial charge in [-0.05, 0) is 45.4 Å². The largest absolute Gasteiger partial charge is 0.374 e. The third-order valence-corrected chi connectivity index (χ3v) is 3.22. The first kappa shape index (κ1) is 14.2. The summed E-state index contributed by atoms with van der Waals surface area (Å²) in [6, 6.07) is 9.00. The minimum atomic E-state index is -0.197. The molecule has 0 aromatic heterocycles. The molecule has 1 atom stereocenters. The van der Waals surface area contributed by atoms with Crippen molar-refractivity contribution in [3.8, 4) is 0 Å². The van der Waals surface area contributed by atoms with Gasteiger partial charge in [0, 0.05) is 6.61 Å². The second kappa shape index (κ2) is 6.18. The van der Waals surface area contributed by atoms with Crippen molar-refractivity contribution in [3.05, 3.63) is 35.4 Å². The van der Waals surface area contributed by atoms with E-state index in [-0.39, 0.29) is 11.6 Å². The number of likely N-dealkylation sites (N-methyl/N-ethyl adjacent to an activating group) is 1. The van der Waals surface area contributed by atoms with Crippen molar-refractivity contribution in [2.75, 3.05) is 13.7 Å². The van der Waals surface area contributed by atoms with Crippen LogP contribution < -0.4 is 5.32 Å². The molecule has 2 heteroatoms. The summed E-state index contributed by atoms with van der Waals surface area (Å²) < 4.78 is 5.83. The molecule has 0 fully saturated rings. The molecule has 17 heavy (non-hydrogen) atoms. The van der Waals surface area contributed by atoms with Crippen molar-refractivity contribution in [3.63, 3.8) is 0 Å². The molecule has 0 spiro atoms. The van der Waals surface area contributed by atoms with E-state index < -0.39 is 0 Å². The molecule has 0 saturated carbocycles. The minimum absolute atomic E-state index is 0.197. The van der Waals surface area contributed by atoms with Crippen LogP contribution in [0.2, 0.25) is 0 Å². The summed E-state index contributed by atoms with van der Waals surface area (Å²) in [4.78, 5) is 0. The standard InChI is InChI=1S/C15H25NO/c1-6-12-8-10-13(11-9-12)14(16-5)15(3,4)17-7-2/h8-11,14,16H,6-7H2,1-5H3. The summed E-state index contributed by atoms with van der Waals surface area (Å²) in [5.74, 6) is 0. The average molecular weight is 235 g/mol. The van der Waals surface area contributed by atoms with Crippen LogP contribution in [0.1, 0.15) is 44.9 Å². The van der Waals surface area contributed by atoms with Crippen molar-refractivity contribution in [2.24, 2.45) is 0 Å². The Balaban J connectivity index is 2.92. The first-order valence-corrected chi connectivity index (χ1v) is 6.45. The Morgan fingerprint density at radius 2 is 1.76 bits per heavy atom. The highest BCUT2D eigenvalue weighted by Crippen LogP contribution is 2.28.